The maximum Gasteiger partial charge on any atom is 0.257 e. The van der Waals surface area contributed by atoms with Crippen molar-refractivity contribution in [1.29, 1.82) is 0 Å². The number of sulfone groups is 2. The van der Waals surface area contributed by atoms with E-state index in [1.165, 1.54) is 4.52 Å². The molecule has 1 aliphatic rings. The van der Waals surface area contributed by atoms with E-state index in [4.69, 9.17) is 11.6 Å². The first-order chi connectivity index (χ1) is 14.5. The Bertz CT molecular complexity index is 1380. The lowest BCUT2D eigenvalue weighted by Gasteiger charge is -2.11. The molecule has 0 radical (unpaired) electrons. The van der Waals surface area contributed by atoms with Gasteiger partial charge in [0.2, 0.25) is 0 Å². The third-order valence-corrected chi connectivity index (χ3v) is 7.71. The molecule has 164 valence electrons. The van der Waals surface area contributed by atoms with Crippen LogP contribution in [0.3, 0.4) is 0 Å². The highest BCUT2D eigenvalue weighted by Crippen LogP contribution is 2.24. The average molecular weight is 483 g/mol. The van der Waals surface area contributed by atoms with Crippen molar-refractivity contribution in [1.82, 2.24) is 19.9 Å². The molecular weight excluding hydrogens is 464 g/mol. The molecule has 9 nitrogen and oxygen atoms in total. The van der Waals surface area contributed by atoms with Gasteiger partial charge in [0.25, 0.3) is 5.91 Å². The van der Waals surface area contributed by atoms with Crippen LogP contribution in [-0.2, 0) is 25.4 Å². The second-order valence-corrected chi connectivity index (χ2v) is 12.4. The molecule has 1 aromatic carbocycles. The Hall–Kier alpha value is -2.50. The van der Waals surface area contributed by atoms with Crippen molar-refractivity contribution in [2.45, 2.75) is 18.2 Å². The highest BCUT2D eigenvalue weighted by Gasteiger charge is 2.31. The quantitative estimate of drug-likeness (QED) is 0.583. The molecule has 1 aliphatic heterocycles. The number of hydrogen-bond acceptors (Lipinski definition) is 7. The van der Waals surface area contributed by atoms with E-state index >= 15 is 0 Å². The van der Waals surface area contributed by atoms with Crippen LogP contribution in [0.5, 0.6) is 0 Å². The first kappa shape index (κ1) is 21.7. The molecular formula is C19H19ClN4O5S2. The lowest BCUT2D eigenvalue weighted by Crippen LogP contribution is -2.36. The Labute approximate surface area is 184 Å². The number of nitrogens with zero attached hydrogens (tertiary/aromatic N) is 3. The van der Waals surface area contributed by atoms with Crippen LogP contribution in [0.4, 0.5) is 0 Å². The van der Waals surface area contributed by atoms with Crippen LogP contribution < -0.4 is 5.32 Å². The molecule has 1 atom stereocenters. The predicted molar refractivity (Wildman–Crippen MR) is 117 cm³/mol. The van der Waals surface area contributed by atoms with E-state index in [1.807, 2.05) is 0 Å². The minimum Gasteiger partial charge on any atom is -0.348 e. The van der Waals surface area contributed by atoms with Crippen LogP contribution >= 0.6 is 11.6 Å². The summed E-state index contributed by atoms with van der Waals surface area (Å²) in [4.78, 5) is 17.6. The number of aromatic nitrogens is 3. The highest BCUT2D eigenvalue weighted by atomic mass is 35.5. The van der Waals surface area contributed by atoms with Crippen molar-refractivity contribution in [3.63, 3.8) is 0 Å². The largest absolute Gasteiger partial charge is 0.348 e. The van der Waals surface area contributed by atoms with Gasteiger partial charge in [-0.2, -0.15) is 5.10 Å². The summed E-state index contributed by atoms with van der Waals surface area (Å²) in [5.74, 6) is -1.19. The van der Waals surface area contributed by atoms with E-state index in [0.717, 1.165) is 11.8 Å². The molecule has 3 aromatic rings. The van der Waals surface area contributed by atoms with E-state index in [2.05, 4.69) is 15.4 Å². The second kappa shape index (κ2) is 7.88. The zero-order valence-corrected chi connectivity index (χ0v) is 18.8. The number of hydrogen-bond donors (Lipinski definition) is 1. The third kappa shape index (κ3) is 4.89. The van der Waals surface area contributed by atoms with E-state index < -0.39 is 37.4 Å². The van der Waals surface area contributed by atoms with Crippen molar-refractivity contribution >= 4 is 42.8 Å². The minimum atomic E-state index is -3.49. The summed E-state index contributed by atoms with van der Waals surface area (Å²) in [6.07, 6.45) is 2.95. The molecule has 0 bridgehead atoms. The van der Waals surface area contributed by atoms with Crippen molar-refractivity contribution in [3.8, 4) is 11.3 Å². The SMILES string of the molecule is CS(=O)(=O)Cc1nn2ccc(-c3ccc(Cl)cc3)nc2c1C(=O)NC1CCS(=O)(=O)C1. The van der Waals surface area contributed by atoms with E-state index in [9.17, 15) is 21.6 Å². The standard InChI is InChI=1S/C19H19ClN4O5S2/c1-30(26,27)11-16-17(19(25)21-14-7-9-31(28,29)10-14)18-22-15(6-8-24(18)23-16)12-2-4-13(20)5-3-12/h2-6,8,14H,7,9-11H2,1H3,(H,21,25). The van der Waals surface area contributed by atoms with Crippen LogP contribution in [0.15, 0.2) is 36.5 Å². The van der Waals surface area contributed by atoms with Gasteiger partial charge in [0.15, 0.2) is 25.3 Å². The Morgan fingerprint density at radius 1 is 1.26 bits per heavy atom. The lowest BCUT2D eigenvalue weighted by atomic mass is 10.1. The van der Waals surface area contributed by atoms with Gasteiger partial charge in [-0.3, -0.25) is 4.79 Å². The van der Waals surface area contributed by atoms with Crippen molar-refractivity contribution in [2.75, 3.05) is 17.8 Å². The number of benzene rings is 1. The normalized spacial score (nSPS) is 18.3. The molecule has 0 aliphatic carbocycles. The molecule has 0 saturated carbocycles. The van der Waals surface area contributed by atoms with Crippen molar-refractivity contribution in [3.05, 3.63) is 52.8 Å². The molecule has 31 heavy (non-hydrogen) atoms. The van der Waals surface area contributed by atoms with Gasteiger partial charge in [-0.05, 0) is 24.6 Å². The van der Waals surface area contributed by atoms with Gasteiger partial charge >= 0.3 is 0 Å². The third-order valence-electron chi connectivity index (χ3n) is 4.89. The summed E-state index contributed by atoms with van der Waals surface area (Å²) in [6.45, 7) is 0. The summed E-state index contributed by atoms with van der Waals surface area (Å²) in [7, 11) is -6.68. The van der Waals surface area contributed by atoms with E-state index in [1.54, 1.807) is 36.5 Å². The average Bonchev–Trinajstić information content (AvgIpc) is 3.18. The predicted octanol–water partition coefficient (Wildman–Crippen LogP) is 1.51. The first-order valence-electron chi connectivity index (χ1n) is 9.34. The van der Waals surface area contributed by atoms with Gasteiger partial charge < -0.3 is 5.32 Å². The number of fused-ring (bicyclic) bond motifs is 1. The van der Waals surface area contributed by atoms with Crippen LogP contribution in [0.1, 0.15) is 22.5 Å². The van der Waals surface area contributed by atoms with Gasteiger partial charge in [-0.25, -0.2) is 26.3 Å². The Kier molecular flexibility index (Phi) is 5.52. The molecule has 4 rings (SSSR count). The number of nitrogens with one attached hydrogen (secondary N) is 1. The summed E-state index contributed by atoms with van der Waals surface area (Å²) in [5, 5.41) is 7.51. The second-order valence-electron chi connectivity index (χ2n) is 7.55. The molecule has 3 heterocycles. The van der Waals surface area contributed by atoms with Crippen LogP contribution in [0, 0.1) is 0 Å². The smallest absolute Gasteiger partial charge is 0.257 e. The Morgan fingerprint density at radius 3 is 2.58 bits per heavy atom. The molecule has 2 aromatic heterocycles. The fraction of sp³-hybridized carbons (Fsp3) is 0.316. The summed E-state index contributed by atoms with van der Waals surface area (Å²) >= 11 is 5.94. The zero-order valence-electron chi connectivity index (χ0n) is 16.4. The van der Waals surface area contributed by atoms with Crippen molar-refractivity contribution < 1.29 is 21.6 Å². The zero-order chi connectivity index (χ0) is 22.4. The van der Waals surface area contributed by atoms with Crippen LogP contribution in [-0.4, -0.2) is 61.1 Å². The summed E-state index contributed by atoms with van der Waals surface area (Å²) in [5.41, 5.74) is 1.56. The molecule has 1 N–H and O–H groups in total. The molecule has 12 heteroatoms. The topological polar surface area (TPSA) is 128 Å². The first-order valence-corrected chi connectivity index (χ1v) is 13.6. The van der Waals surface area contributed by atoms with Gasteiger partial charge in [0.1, 0.15) is 5.56 Å². The maximum absolute atomic E-state index is 13.1. The maximum atomic E-state index is 13.1. The fourth-order valence-corrected chi connectivity index (χ4v) is 6.00. The van der Waals surface area contributed by atoms with Gasteiger partial charge in [0, 0.05) is 29.1 Å². The molecule has 1 saturated heterocycles. The molecule has 1 fully saturated rings. The number of carbonyl (C=O) groups excluding carboxylic acids is 1. The van der Waals surface area contributed by atoms with Gasteiger partial charge in [-0.1, -0.05) is 23.7 Å². The van der Waals surface area contributed by atoms with E-state index in [0.29, 0.717) is 17.1 Å². The van der Waals surface area contributed by atoms with Crippen LogP contribution in [0.25, 0.3) is 16.9 Å². The molecule has 1 amide bonds. The summed E-state index contributed by atoms with van der Waals surface area (Å²) < 4.78 is 48.6. The summed E-state index contributed by atoms with van der Waals surface area (Å²) in [6, 6.07) is 8.12. The molecule has 1 unspecified atom stereocenters. The van der Waals surface area contributed by atoms with Gasteiger partial charge in [0.05, 0.1) is 28.6 Å². The Morgan fingerprint density at radius 2 is 1.97 bits per heavy atom. The van der Waals surface area contributed by atoms with E-state index in [-0.39, 0.29) is 28.4 Å². The van der Waals surface area contributed by atoms with Crippen molar-refractivity contribution in [2.24, 2.45) is 0 Å². The minimum absolute atomic E-state index is 0.00185. The lowest BCUT2D eigenvalue weighted by molar-refractivity contribution is 0.0942. The van der Waals surface area contributed by atoms with Gasteiger partial charge in [-0.15, -0.1) is 0 Å². The van der Waals surface area contributed by atoms with Crippen LogP contribution in [0.2, 0.25) is 5.02 Å². The number of carbonyl (C=O) groups is 1. The highest BCUT2D eigenvalue weighted by molar-refractivity contribution is 7.91. The fourth-order valence-electron chi connectivity index (χ4n) is 3.50. The Balaban J connectivity index is 1.79. The molecule has 0 spiro atoms. The monoisotopic (exact) mass is 482 g/mol. The number of amides is 1. The number of rotatable bonds is 5. The number of halogens is 1.